The molecule has 3 N–H and O–H groups in total. The van der Waals surface area contributed by atoms with Gasteiger partial charge in [0.1, 0.15) is 0 Å². The summed E-state index contributed by atoms with van der Waals surface area (Å²) in [7, 11) is 0. The molecule has 1 aliphatic heterocycles. The molecule has 4 nitrogen and oxygen atoms in total. The van der Waals surface area contributed by atoms with E-state index in [2.05, 4.69) is 59.7 Å². The van der Waals surface area contributed by atoms with E-state index in [1.54, 1.807) is 4.90 Å². The van der Waals surface area contributed by atoms with Gasteiger partial charge in [0.2, 0.25) is 0 Å². The van der Waals surface area contributed by atoms with Crippen LogP contribution in [0.15, 0.2) is 42.5 Å². The van der Waals surface area contributed by atoms with Crippen LogP contribution in [0.1, 0.15) is 24.0 Å². The Kier molecular flexibility index (Phi) is 8.16. The van der Waals surface area contributed by atoms with Crippen molar-refractivity contribution in [2.24, 2.45) is 0 Å². The van der Waals surface area contributed by atoms with Crippen LogP contribution in [0.4, 0.5) is 11.4 Å². The zero-order valence-corrected chi connectivity index (χ0v) is 19.0. The van der Waals surface area contributed by atoms with Crippen molar-refractivity contribution in [3.05, 3.63) is 58.6 Å². The van der Waals surface area contributed by atoms with Crippen LogP contribution in [-0.4, -0.2) is 44.4 Å². The third-order valence-electron chi connectivity index (χ3n) is 5.37. The summed E-state index contributed by atoms with van der Waals surface area (Å²) in [6.45, 7) is 10.9. The number of piperazine rings is 1. The van der Waals surface area contributed by atoms with Crippen LogP contribution >= 0.6 is 23.8 Å². The molecule has 0 aliphatic carbocycles. The molecule has 0 bridgehead atoms. The maximum absolute atomic E-state index is 6.12. The third-order valence-corrected chi connectivity index (χ3v) is 5.85. The molecule has 3 rings (SSSR count). The summed E-state index contributed by atoms with van der Waals surface area (Å²) in [6, 6.07) is 14.6. The molecule has 29 heavy (non-hydrogen) atoms. The minimum atomic E-state index is 0.706. The van der Waals surface area contributed by atoms with Crippen LogP contribution in [0.5, 0.6) is 0 Å². The first kappa shape index (κ1) is 21.9. The lowest BCUT2D eigenvalue weighted by atomic mass is 10.1. The van der Waals surface area contributed by atoms with Gasteiger partial charge >= 0.3 is 0 Å². The summed E-state index contributed by atoms with van der Waals surface area (Å²) >= 11 is 11.5. The van der Waals surface area contributed by atoms with E-state index in [4.69, 9.17) is 23.8 Å². The fraction of sp³-hybridized carbons (Fsp3) is 0.435. The standard InChI is InChI=1S/C23H31ClN4S/c1-18-14-19(2)16-21(15-18)26-23(29)25-8-3-4-9-27-10-12-28(13-11-27)22-7-5-6-20(24)17-22/h5-7,14-17H,3-4,8-13H2,1-2H3,(H2,25,26,29)/p+1. The number of anilines is 2. The highest BCUT2D eigenvalue weighted by Crippen LogP contribution is 2.19. The summed E-state index contributed by atoms with van der Waals surface area (Å²) in [5, 5.41) is 8.14. The molecule has 0 radical (unpaired) electrons. The number of aryl methyl sites for hydroxylation is 2. The van der Waals surface area contributed by atoms with Crippen LogP contribution in [0.2, 0.25) is 5.02 Å². The Hall–Kier alpha value is -1.82. The first-order valence-corrected chi connectivity index (χ1v) is 11.3. The molecule has 2 aromatic carbocycles. The van der Waals surface area contributed by atoms with Crippen molar-refractivity contribution in [3.8, 4) is 0 Å². The van der Waals surface area contributed by atoms with E-state index < -0.39 is 0 Å². The second kappa shape index (κ2) is 10.8. The number of thiocarbonyl (C=S) groups is 1. The van der Waals surface area contributed by atoms with Crippen molar-refractivity contribution in [2.75, 3.05) is 49.5 Å². The van der Waals surface area contributed by atoms with E-state index in [1.807, 2.05) is 12.1 Å². The van der Waals surface area contributed by atoms with E-state index in [-0.39, 0.29) is 0 Å². The molecular weight excluding hydrogens is 400 g/mol. The van der Waals surface area contributed by atoms with Gasteiger partial charge in [-0.2, -0.15) is 0 Å². The minimum absolute atomic E-state index is 0.706. The van der Waals surface area contributed by atoms with E-state index in [0.29, 0.717) is 5.11 Å². The second-order valence-corrected chi connectivity index (χ2v) is 8.78. The molecular formula is C23H32ClN4S+. The molecule has 0 aromatic heterocycles. The minimum Gasteiger partial charge on any atom is -0.362 e. The van der Waals surface area contributed by atoms with Crippen LogP contribution in [0.3, 0.4) is 0 Å². The van der Waals surface area contributed by atoms with Gasteiger partial charge in [-0.05, 0) is 80.4 Å². The first-order chi connectivity index (χ1) is 14.0. The zero-order chi connectivity index (χ0) is 20.6. The van der Waals surface area contributed by atoms with E-state index in [0.717, 1.165) is 36.8 Å². The van der Waals surface area contributed by atoms with Crippen LogP contribution in [0, 0.1) is 13.8 Å². The molecule has 0 unspecified atom stereocenters. The fourth-order valence-corrected chi connectivity index (χ4v) is 4.33. The van der Waals surface area contributed by atoms with Gasteiger partial charge in [-0.3, -0.25) is 0 Å². The van der Waals surface area contributed by atoms with E-state index >= 15 is 0 Å². The predicted octanol–water partition coefficient (Wildman–Crippen LogP) is 3.43. The quantitative estimate of drug-likeness (QED) is 0.463. The molecule has 2 aromatic rings. The number of unbranched alkanes of at least 4 members (excludes halogenated alkanes) is 1. The maximum atomic E-state index is 6.12. The monoisotopic (exact) mass is 431 g/mol. The number of halogens is 1. The Labute approximate surface area is 185 Å². The third kappa shape index (κ3) is 7.18. The Morgan fingerprint density at radius 3 is 2.48 bits per heavy atom. The van der Waals surface area contributed by atoms with E-state index in [1.165, 1.54) is 42.9 Å². The van der Waals surface area contributed by atoms with Gasteiger partial charge in [-0.25, -0.2) is 0 Å². The van der Waals surface area contributed by atoms with Crippen molar-refractivity contribution in [1.82, 2.24) is 5.32 Å². The van der Waals surface area contributed by atoms with Gasteiger partial charge in [0, 0.05) is 22.9 Å². The smallest absolute Gasteiger partial charge is 0.170 e. The molecule has 1 saturated heterocycles. The first-order valence-electron chi connectivity index (χ1n) is 10.5. The van der Waals surface area contributed by atoms with Crippen molar-refractivity contribution in [1.29, 1.82) is 0 Å². The molecule has 0 saturated carbocycles. The molecule has 6 heteroatoms. The zero-order valence-electron chi connectivity index (χ0n) is 17.4. The van der Waals surface area contributed by atoms with Crippen molar-refractivity contribution in [3.63, 3.8) is 0 Å². The average molecular weight is 432 g/mol. The summed E-state index contributed by atoms with van der Waals surface area (Å²) in [5.74, 6) is 0. The van der Waals surface area contributed by atoms with Crippen molar-refractivity contribution < 1.29 is 4.90 Å². The Balaban J connectivity index is 1.29. The lowest BCUT2D eigenvalue weighted by Gasteiger charge is -2.33. The second-order valence-electron chi connectivity index (χ2n) is 7.93. The van der Waals surface area contributed by atoms with Crippen LogP contribution in [-0.2, 0) is 0 Å². The largest absolute Gasteiger partial charge is 0.362 e. The molecule has 0 amide bonds. The highest BCUT2D eigenvalue weighted by molar-refractivity contribution is 7.80. The number of nitrogens with zero attached hydrogens (tertiary/aromatic N) is 1. The summed E-state index contributed by atoms with van der Waals surface area (Å²) in [6.07, 6.45) is 2.35. The van der Waals surface area contributed by atoms with Gasteiger partial charge < -0.3 is 20.4 Å². The Bertz CT molecular complexity index is 798. The van der Waals surface area contributed by atoms with Gasteiger partial charge in [0.25, 0.3) is 0 Å². The normalized spacial score (nSPS) is 14.7. The fourth-order valence-electron chi connectivity index (χ4n) is 3.93. The van der Waals surface area contributed by atoms with Gasteiger partial charge in [-0.1, -0.05) is 23.7 Å². The summed E-state index contributed by atoms with van der Waals surface area (Å²) < 4.78 is 0. The number of benzene rings is 2. The number of nitrogens with one attached hydrogen (secondary N) is 3. The predicted molar refractivity (Wildman–Crippen MR) is 129 cm³/mol. The average Bonchev–Trinajstić information content (AvgIpc) is 2.67. The molecule has 156 valence electrons. The topological polar surface area (TPSA) is 31.7 Å². The molecule has 1 aliphatic rings. The Morgan fingerprint density at radius 2 is 1.79 bits per heavy atom. The van der Waals surface area contributed by atoms with Gasteiger partial charge in [0.15, 0.2) is 5.11 Å². The highest BCUT2D eigenvalue weighted by atomic mass is 35.5. The number of rotatable bonds is 7. The molecule has 0 atom stereocenters. The lowest BCUT2D eigenvalue weighted by Crippen LogP contribution is -3.14. The highest BCUT2D eigenvalue weighted by Gasteiger charge is 2.19. The maximum Gasteiger partial charge on any atom is 0.170 e. The summed E-state index contributed by atoms with van der Waals surface area (Å²) in [4.78, 5) is 4.13. The SMILES string of the molecule is Cc1cc(C)cc(NC(=S)NCCCC[NH+]2CCN(c3cccc(Cl)c3)CC2)c1. The molecule has 1 heterocycles. The van der Waals surface area contributed by atoms with Crippen molar-refractivity contribution >= 4 is 40.3 Å². The lowest BCUT2D eigenvalue weighted by molar-refractivity contribution is -0.900. The Morgan fingerprint density at radius 1 is 1.07 bits per heavy atom. The molecule has 0 spiro atoms. The van der Waals surface area contributed by atoms with Crippen molar-refractivity contribution in [2.45, 2.75) is 26.7 Å². The summed E-state index contributed by atoms with van der Waals surface area (Å²) in [5.41, 5.74) is 4.79. The van der Waals surface area contributed by atoms with Gasteiger partial charge in [-0.15, -0.1) is 0 Å². The molecule has 1 fully saturated rings. The van der Waals surface area contributed by atoms with Crippen LogP contribution < -0.4 is 20.4 Å². The van der Waals surface area contributed by atoms with E-state index in [9.17, 15) is 0 Å². The number of hydrogen-bond acceptors (Lipinski definition) is 2. The number of hydrogen-bond donors (Lipinski definition) is 3. The number of quaternary nitrogens is 1. The van der Waals surface area contributed by atoms with Gasteiger partial charge in [0.05, 0.1) is 32.7 Å². The van der Waals surface area contributed by atoms with Crippen LogP contribution in [0.25, 0.3) is 0 Å².